The highest BCUT2D eigenvalue weighted by Gasteiger charge is 2.33. The van der Waals surface area contributed by atoms with Crippen molar-refractivity contribution in [3.05, 3.63) is 0 Å². The Kier molecular flexibility index (Phi) is 4.99. The Hall–Kier alpha value is -1.25. The molecule has 0 bridgehead atoms. The molecule has 0 aromatic carbocycles. The molecule has 0 aromatic heterocycles. The van der Waals surface area contributed by atoms with Crippen molar-refractivity contribution in [1.82, 2.24) is 4.90 Å². The SMILES string of the molecule is CCCN(CC#N)C(=O)CC(F)(F)F. The molecule has 0 unspecified atom stereocenters. The summed E-state index contributed by atoms with van der Waals surface area (Å²) in [5.74, 6) is -1.04. The molecule has 0 saturated heterocycles. The first-order chi connectivity index (χ1) is 6.40. The standard InChI is InChI=1S/C8H11F3N2O/c1-2-4-13(5-3-12)7(14)6-8(9,10)11/h2,4-6H2,1H3. The number of amides is 1. The zero-order valence-electron chi connectivity index (χ0n) is 7.76. The van der Waals surface area contributed by atoms with Gasteiger partial charge in [0.1, 0.15) is 13.0 Å². The van der Waals surface area contributed by atoms with E-state index >= 15 is 0 Å². The summed E-state index contributed by atoms with van der Waals surface area (Å²) < 4.78 is 35.4. The van der Waals surface area contributed by atoms with Crippen LogP contribution >= 0.6 is 0 Å². The monoisotopic (exact) mass is 208 g/mol. The van der Waals surface area contributed by atoms with Crippen LogP contribution in [0, 0.1) is 11.3 Å². The Morgan fingerprint density at radius 2 is 2.07 bits per heavy atom. The van der Waals surface area contributed by atoms with Gasteiger partial charge in [-0.15, -0.1) is 0 Å². The average molecular weight is 208 g/mol. The first-order valence-corrected chi connectivity index (χ1v) is 4.12. The minimum atomic E-state index is -4.50. The molecule has 0 N–H and O–H groups in total. The van der Waals surface area contributed by atoms with Crippen molar-refractivity contribution in [2.24, 2.45) is 0 Å². The highest BCUT2D eigenvalue weighted by atomic mass is 19.4. The molecule has 0 atom stereocenters. The van der Waals surface area contributed by atoms with Crippen LogP contribution in [0.4, 0.5) is 13.2 Å². The summed E-state index contributed by atoms with van der Waals surface area (Å²) in [5, 5.41) is 8.29. The fourth-order valence-corrected chi connectivity index (χ4v) is 0.930. The molecule has 0 fully saturated rings. The first kappa shape index (κ1) is 12.8. The Morgan fingerprint density at radius 3 is 2.43 bits per heavy atom. The topological polar surface area (TPSA) is 44.1 Å². The zero-order valence-corrected chi connectivity index (χ0v) is 7.76. The highest BCUT2D eigenvalue weighted by molar-refractivity contribution is 5.77. The maximum Gasteiger partial charge on any atom is 0.397 e. The molecule has 0 saturated carbocycles. The van der Waals surface area contributed by atoms with Crippen molar-refractivity contribution in [2.45, 2.75) is 25.9 Å². The molecule has 0 aliphatic heterocycles. The van der Waals surface area contributed by atoms with Crippen LogP contribution in [0.5, 0.6) is 0 Å². The molecular formula is C8H11F3N2O. The zero-order chi connectivity index (χ0) is 11.2. The van der Waals surface area contributed by atoms with Crippen LogP contribution < -0.4 is 0 Å². The van der Waals surface area contributed by atoms with Gasteiger partial charge in [0.2, 0.25) is 5.91 Å². The molecule has 0 spiro atoms. The quantitative estimate of drug-likeness (QED) is 0.660. The summed E-state index contributed by atoms with van der Waals surface area (Å²) in [6.45, 7) is 1.62. The summed E-state index contributed by atoms with van der Waals surface area (Å²) in [7, 11) is 0. The van der Waals surface area contributed by atoms with E-state index in [0.717, 1.165) is 4.90 Å². The van der Waals surface area contributed by atoms with Crippen LogP contribution in [-0.2, 0) is 4.79 Å². The third-order valence-corrected chi connectivity index (χ3v) is 1.46. The Bertz CT molecular complexity index is 232. The van der Waals surface area contributed by atoms with Crippen LogP contribution in [0.1, 0.15) is 19.8 Å². The molecule has 3 nitrogen and oxygen atoms in total. The van der Waals surface area contributed by atoms with Crippen LogP contribution in [0.15, 0.2) is 0 Å². The lowest BCUT2D eigenvalue weighted by Gasteiger charge is -2.19. The van der Waals surface area contributed by atoms with Crippen molar-refractivity contribution < 1.29 is 18.0 Å². The largest absolute Gasteiger partial charge is 0.397 e. The second kappa shape index (κ2) is 5.47. The van der Waals surface area contributed by atoms with Gasteiger partial charge in [0, 0.05) is 6.54 Å². The summed E-state index contributed by atoms with van der Waals surface area (Å²) in [4.78, 5) is 11.9. The van der Waals surface area contributed by atoms with Gasteiger partial charge in [-0.3, -0.25) is 4.79 Å². The molecule has 0 aromatic rings. The maximum absolute atomic E-state index is 11.8. The molecule has 1 amide bonds. The molecule has 0 aliphatic carbocycles. The minimum Gasteiger partial charge on any atom is -0.329 e. The molecule has 0 rings (SSSR count). The van der Waals surface area contributed by atoms with Gasteiger partial charge in [-0.05, 0) is 6.42 Å². The Morgan fingerprint density at radius 1 is 1.50 bits per heavy atom. The molecule has 14 heavy (non-hydrogen) atoms. The molecule has 80 valence electrons. The number of carbonyl (C=O) groups is 1. The molecular weight excluding hydrogens is 197 g/mol. The van der Waals surface area contributed by atoms with E-state index in [0.29, 0.717) is 6.42 Å². The molecule has 0 radical (unpaired) electrons. The molecule has 0 heterocycles. The van der Waals surface area contributed by atoms with Crippen LogP contribution in [0.25, 0.3) is 0 Å². The average Bonchev–Trinajstić information content (AvgIpc) is 2.01. The van der Waals surface area contributed by atoms with Crippen molar-refractivity contribution in [2.75, 3.05) is 13.1 Å². The third-order valence-electron chi connectivity index (χ3n) is 1.46. The predicted octanol–water partition coefficient (Wildman–Crippen LogP) is 1.70. The van der Waals surface area contributed by atoms with Gasteiger partial charge < -0.3 is 4.90 Å². The summed E-state index contributed by atoms with van der Waals surface area (Å²) in [6, 6.07) is 1.66. The highest BCUT2D eigenvalue weighted by Crippen LogP contribution is 2.20. The number of rotatable bonds is 4. The van der Waals surface area contributed by atoms with E-state index in [1.807, 2.05) is 0 Å². The second-order valence-electron chi connectivity index (χ2n) is 2.77. The lowest BCUT2D eigenvalue weighted by Crippen LogP contribution is -2.35. The first-order valence-electron chi connectivity index (χ1n) is 4.12. The fourth-order valence-electron chi connectivity index (χ4n) is 0.930. The Balaban J connectivity index is 4.23. The number of alkyl halides is 3. The summed E-state index contributed by atoms with van der Waals surface area (Å²) in [5.41, 5.74) is 0. The van der Waals surface area contributed by atoms with Gasteiger partial charge in [0.15, 0.2) is 0 Å². The number of hydrogen-bond acceptors (Lipinski definition) is 2. The number of nitrogens with zero attached hydrogens (tertiary/aromatic N) is 2. The normalized spacial score (nSPS) is 10.8. The van der Waals surface area contributed by atoms with Crippen molar-refractivity contribution >= 4 is 5.91 Å². The Labute approximate surface area is 80.1 Å². The van der Waals surface area contributed by atoms with E-state index in [9.17, 15) is 18.0 Å². The smallest absolute Gasteiger partial charge is 0.329 e. The number of nitriles is 1. The number of hydrogen-bond donors (Lipinski definition) is 0. The number of halogens is 3. The fraction of sp³-hybridized carbons (Fsp3) is 0.750. The van der Waals surface area contributed by atoms with E-state index in [2.05, 4.69) is 0 Å². The van der Waals surface area contributed by atoms with Gasteiger partial charge in [0.05, 0.1) is 6.07 Å². The van der Waals surface area contributed by atoms with Crippen LogP contribution in [0.3, 0.4) is 0 Å². The summed E-state index contributed by atoms with van der Waals surface area (Å²) in [6.07, 6.45) is -5.46. The van der Waals surface area contributed by atoms with Gasteiger partial charge in [0.25, 0.3) is 0 Å². The van der Waals surface area contributed by atoms with Gasteiger partial charge >= 0.3 is 6.18 Å². The lowest BCUT2D eigenvalue weighted by molar-refractivity contribution is -0.160. The van der Waals surface area contributed by atoms with E-state index < -0.39 is 18.5 Å². The van der Waals surface area contributed by atoms with Crippen LogP contribution in [-0.4, -0.2) is 30.1 Å². The van der Waals surface area contributed by atoms with E-state index in [-0.39, 0.29) is 13.1 Å². The van der Waals surface area contributed by atoms with Crippen molar-refractivity contribution in [1.29, 1.82) is 5.26 Å². The van der Waals surface area contributed by atoms with E-state index in [1.165, 1.54) is 0 Å². The van der Waals surface area contributed by atoms with Gasteiger partial charge in [-0.25, -0.2) is 0 Å². The predicted molar refractivity (Wildman–Crippen MR) is 43.2 cm³/mol. The van der Waals surface area contributed by atoms with Crippen molar-refractivity contribution in [3.8, 4) is 6.07 Å². The van der Waals surface area contributed by atoms with Gasteiger partial charge in [-0.2, -0.15) is 18.4 Å². The third kappa shape index (κ3) is 5.41. The van der Waals surface area contributed by atoms with Crippen molar-refractivity contribution in [3.63, 3.8) is 0 Å². The number of carbonyl (C=O) groups excluding carboxylic acids is 1. The summed E-state index contributed by atoms with van der Waals surface area (Å²) >= 11 is 0. The van der Waals surface area contributed by atoms with E-state index in [1.54, 1.807) is 13.0 Å². The maximum atomic E-state index is 11.8. The van der Waals surface area contributed by atoms with Crippen LogP contribution in [0.2, 0.25) is 0 Å². The molecule has 6 heteroatoms. The van der Waals surface area contributed by atoms with Gasteiger partial charge in [-0.1, -0.05) is 6.92 Å². The van der Waals surface area contributed by atoms with E-state index in [4.69, 9.17) is 5.26 Å². The lowest BCUT2D eigenvalue weighted by atomic mass is 10.3. The molecule has 0 aliphatic rings. The second-order valence-corrected chi connectivity index (χ2v) is 2.77. The minimum absolute atomic E-state index is 0.183.